The minimum Gasteiger partial charge on any atom is -0.368 e. The van der Waals surface area contributed by atoms with E-state index in [4.69, 9.17) is 0 Å². The maximum Gasteiger partial charge on any atom is 0.416 e. The Kier molecular flexibility index (Phi) is 8.17. The molecule has 1 aromatic carbocycles. The van der Waals surface area contributed by atoms with Crippen LogP contribution in [0.25, 0.3) is 0 Å². The molecule has 1 saturated heterocycles. The van der Waals surface area contributed by atoms with Gasteiger partial charge in [-0.15, -0.1) is 24.0 Å². The summed E-state index contributed by atoms with van der Waals surface area (Å²) in [6, 6.07) is 5.52. The highest BCUT2D eigenvalue weighted by atomic mass is 127. The predicted octanol–water partition coefficient (Wildman–Crippen LogP) is 3.34. The lowest BCUT2D eigenvalue weighted by Crippen LogP contribution is -2.52. The molecule has 6 nitrogen and oxygen atoms in total. The third kappa shape index (κ3) is 6.25. The van der Waals surface area contributed by atoms with Crippen LogP contribution in [-0.2, 0) is 19.8 Å². The largest absolute Gasteiger partial charge is 0.416 e. The van der Waals surface area contributed by atoms with Gasteiger partial charge < -0.3 is 15.1 Å². The molecule has 0 spiro atoms. The fourth-order valence-electron chi connectivity index (χ4n) is 3.20. The summed E-state index contributed by atoms with van der Waals surface area (Å²) in [7, 11) is 1.87. The van der Waals surface area contributed by atoms with Gasteiger partial charge in [0.2, 0.25) is 0 Å². The summed E-state index contributed by atoms with van der Waals surface area (Å²) in [5.74, 6) is 0.815. The van der Waals surface area contributed by atoms with Crippen molar-refractivity contribution < 1.29 is 13.2 Å². The van der Waals surface area contributed by atoms with E-state index in [1.165, 1.54) is 12.1 Å². The van der Waals surface area contributed by atoms with E-state index in [9.17, 15) is 13.2 Å². The van der Waals surface area contributed by atoms with E-state index >= 15 is 0 Å². The van der Waals surface area contributed by atoms with Crippen LogP contribution in [-0.4, -0.2) is 53.4 Å². The number of nitrogens with one attached hydrogen (secondary N) is 1. The number of alkyl halides is 3. The van der Waals surface area contributed by atoms with Crippen molar-refractivity contribution in [1.82, 2.24) is 20.0 Å². The van der Waals surface area contributed by atoms with E-state index in [1.807, 2.05) is 25.1 Å². The highest BCUT2D eigenvalue weighted by Gasteiger charge is 2.31. The second-order valence-corrected chi connectivity index (χ2v) is 6.71. The molecule has 10 heteroatoms. The quantitative estimate of drug-likeness (QED) is 0.381. The summed E-state index contributed by atoms with van der Waals surface area (Å²) in [5.41, 5.74) is 1.02. The molecule has 29 heavy (non-hydrogen) atoms. The molecule has 1 fully saturated rings. The number of guanidine groups is 1. The Morgan fingerprint density at radius 3 is 2.52 bits per heavy atom. The summed E-state index contributed by atoms with van der Waals surface area (Å²) in [6.07, 6.45) is -0.605. The Morgan fingerprint density at radius 1 is 1.21 bits per heavy atom. The van der Waals surface area contributed by atoms with Gasteiger partial charge in [-0.2, -0.15) is 18.3 Å². The minimum atomic E-state index is -4.32. The Hall–Kier alpha value is -1.98. The monoisotopic (exact) mass is 522 g/mol. The number of aromatic nitrogens is 2. The molecule has 1 aliphatic rings. The maximum absolute atomic E-state index is 13.0. The molecule has 1 aliphatic heterocycles. The summed E-state index contributed by atoms with van der Waals surface area (Å²) in [6.45, 7) is 5.95. The van der Waals surface area contributed by atoms with Crippen LogP contribution in [0.3, 0.4) is 0 Å². The van der Waals surface area contributed by atoms with Gasteiger partial charge in [0.1, 0.15) is 0 Å². The van der Waals surface area contributed by atoms with Crippen LogP contribution in [0.15, 0.2) is 41.7 Å². The molecule has 1 aromatic heterocycles. The number of hydrogen-bond donors (Lipinski definition) is 1. The van der Waals surface area contributed by atoms with Gasteiger partial charge in [0.25, 0.3) is 0 Å². The summed E-state index contributed by atoms with van der Waals surface area (Å²) in [5, 5.41) is 7.44. The molecule has 0 amide bonds. The molecule has 0 bridgehead atoms. The third-order valence-corrected chi connectivity index (χ3v) is 4.62. The Labute approximate surface area is 185 Å². The van der Waals surface area contributed by atoms with Crippen LogP contribution in [0.1, 0.15) is 18.1 Å². The number of hydrogen-bond acceptors (Lipinski definition) is 3. The molecule has 1 N–H and O–H groups in total. The van der Waals surface area contributed by atoms with Crippen molar-refractivity contribution in [2.24, 2.45) is 12.0 Å². The number of aryl methyl sites for hydroxylation is 1. The molecular formula is C19H26F3IN6. The molecule has 0 atom stereocenters. The van der Waals surface area contributed by atoms with Gasteiger partial charge in [-0.05, 0) is 25.1 Å². The van der Waals surface area contributed by atoms with Gasteiger partial charge >= 0.3 is 6.18 Å². The van der Waals surface area contributed by atoms with Crippen LogP contribution < -0.4 is 10.2 Å². The molecule has 0 unspecified atom stereocenters. The standard InChI is InChI=1S/C19H25F3N6.HI/c1-3-23-18(24-12-15-13-25-26(2)14-15)28-9-7-27(8-10-28)17-6-4-5-16(11-17)19(20,21)22;/h4-6,11,13-14H,3,7-10,12H2,1-2H3,(H,23,24);1H. The zero-order chi connectivity index (χ0) is 20.1. The van der Waals surface area contributed by atoms with Crippen molar-refractivity contribution in [2.75, 3.05) is 37.6 Å². The van der Waals surface area contributed by atoms with Crippen LogP contribution in [0.5, 0.6) is 0 Å². The Morgan fingerprint density at radius 2 is 1.93 bits per heavy atom. The van der Waals surface area contributed by atoms with Gasteiger partial charge in [-0.25, -0.2) is 4.99 Å². The first kappa shape index (κ1) is 23.3. The lowest BCUT2D eigenvalue weighted by Gasteiger charge is -2.38. The summed E-state index contributed by atoms with van der Waals surface area (Å²) >= 11 is 0. The molecule has 0 saturated carbocycles. The average molecular weight is 522 g/mol. The highest BCUT2D eigenvalue weighted by Crippen LogP contribution is 2.31. The number of benzene rings is 1. The number of aliphatic imine (C=N–C) groups is 1. The smallest absolute Gasteiger partial charge is 0.368 e. The van der Waals surface area contributed by atoms with Crippen molar-refractivity contribution in [3.05, 3.63) is 47.8 Å². The van der Waals surface area contributed by atoms with E-state index < -0.39 is 11.7 Å². The predicted molar refractivity (Wildman–Crippen MR) is 119 cm³/mol. The first-order chi connectivity index (χ1) is 13.4. The number of piperazine rings is 1. The Balaban J connectivity index is 0.00000300. The van der Waals surface area contributed by atoms with Gasteiger partial charge in [0.05, 0.1) is 18.3 Å². The van der Waals surface area contributed by atoms with E-state index in [1.54, 1.807) is 16.9 Å². The van der Waals surface area contributed by atoms with Crippen LogP contribution >= 0.6 is 24.0 Å². The topological polar surface area (TPSA) is 48.7 Å². The maximum atomic E-state index is 13.0. The van der Waals surface area contributed by atoms with Gasteiger partial charge in [0, 0.05) is 57.2 Å². The number of halogens is 4. The normalized spacial score (nSPS) is 15.3. The highest BCUT2D eigenvalue weighted by molar-refractivity contribution is 14.0. The Bertz CT molecular complexity index is 812. The molecular weight excluding hydrogens is 496 g/mol. The summed E-state index contributed by atoms with van der Waals surface area (Å²) in [4.78, 5) is 8.80. The first-order valence-corrected chi connectivity index (χ1v) is 9.30. The van der Waals surface area contributed by atoms with Crippen LogP contribution in [0, 0.1) is 0 Å². The van der Waals surface area contributed by atoms with E-state index in [0.717, 1.165) is 24.1 Å². The minimum absolute atomic E-state index is 0. The van der Waals surface area contributed by atoms with E-state index in [-0.39, 0.29) is 24.0 Å². The van der Waals surface area contributed by atoms with E-state index in [2.05, 4.69) is 20.3 Å². The summed E-state index contributed by atoms with van der Waals surface area (Å²) < 4.78 is 40.6. The number of anilines is 1. The molecule has 160 valence electrons. The fraction of sp³-hybridized carbons (Fsp3) is 0.474. The van der Waals surface area contributed by atoms with Crippen molar-refractivity contribution in [3.8, 4) is 0 Å². The molecule has 0 aliphatic carbocycles. The van der Waals surface area contributed by atoms with Gasteiger partial charge in [0.15, 0.2) is 5.96 Å². The third-order valence-electron chi connectivity index (χ3n) is 4.62. The van der Waals surface area contributed by atoms with Crippen molar-refractivity contribution in [1.29, 1.82) is 0 Å². The van der Waals surface area contributed by atoms with Crippen molar-refractivity contribution >= 4 is 35.6 Å². The van der Waals surface area contributed by atoms with Gasteiger partial charge in [-0.3, -0.25) is 4.68 Å². The second kappa shape index (κ2) is 10.2. The lowest BCUT2D eigenvalue weighted by molar-refractivity contribution is -0.137. The fourth-order valence-corrected chi connectivity index (χ4v) is 3.20. The van der Waals surface area contributed by atoms with Crippen LogP contribution in [0.4, 0.5) is 18.9 Å². The van der Waals surface area contributed by atoms with Crippen LogP contribution in [0.2, 0.25) is 0 Å². The van der Waals surface area contributed by atoms with Crippen molar-refractivity contribution in [2.45, 2.75) is 19.6 Å². The number of nitrogens with zero attached hydrogens (tertiary/aromatic N) is 5. The molecule has 2 aromatic rings. The average Bonchev–Trinajstić information content (AvgIpc) is 3.10. The molecule has 3 rings (SSSR count). The van der Waals surface area contributed by atoms with E-state index in [0.29, 0.717) is 38.4 Å². The molecule has 0 radical (unpaired) electrons. The first-order valence-electron chi connectivity index (χ1n) is 9.30. The zero-order valence-electron chi connectivity index (χ0n) is 16.5. The lowest BCUT2D eigenvalue weighted by atomic mass is 10.1. The zero-order valence-corrected chi connectivity index (χ0v) is 18.8. The molecule has 2 heterocycles. The second-order valence-electron chi connectivity index (χ2n) is 6.71. The SMILES string of the molecule is CCNC(=NCc1cnn(C)c1)N1CCN(c2cccc(C(F)(F)F)c2)CC1.I. The van der Waals surface area contributed by atoms with Crippen molar-refractivity contribution in [3.63, 3.8) is 0 Å². The van der Waals surface area contributed by atoms with Gasteiger partial charge in [-0.1, -0.05) is 6.07 Å². The number of rotatable bonds is 4.